The summed E-state index contributed by atoms with van der Waals surface area (Å²) < 4.78 is 19.1. The monoisotopic (exact) mass is 284 g/mol. The second kappa shape index (κ2) is 7.79. The molecule has 20 heavy (non-hydrogen) atoms. The van der Waals surface area contributed by atoms with Crippen LogP contribution >= 0.6 is 0 Å². The highest BCUT2D eigenvalue weighted by Crippen LogP contribution is 2.27. The minimum Gasteiger partial charge on any atom is -0.490 e. The van der Waals surface area contributed by atoms with Crippen LogP contribution in [0.2, 0.25) is 0 Å². The van der Waals surface area contributed by atoms with Gasteiger partial charge in [-0.05, 0) is 26.0 Å². The van der Waals surface area contributed by atoms with E-state index >= 15 is 0 Å². The van der Waals surface area contributed by atoms with Gasteiger partial charge in [0.05, 0.1) is 17.6 Å². The van der Waals surface area contributed by atoms with Gasteiger partial charge < -0.3 is 10.1 Å². The zero-order chi connectivity index (χ0) is 15.1. The first-order valence-electron chi connectivity index (χ1n) is 6.73. The topological polar surface area (TPSA) is 64.4 Å². The highest BCUT2D eigenvalue weighted by Gasteiger charge is 2.16. The Morgan fingerprint density at radius 3 is 2.80 bits per heavy atom. The van der Waals surface area contributed by atoms with Gasteiger partial charge in [0, 0.05) is 18.0 Å². The molecular weight excluding hydrogens is 263 g/mol. The first-order chi connectivity index (χ1) is 9.45. The normalized spacial score (nSPS) is 12.2. The SMILES string of the molecule is CCCNCC(C)COc1cc(C)c([N+](=O)[O-])cc1F. The Bertz CT molecular complexity index is 466. The zero-order valence-corrected chi connectivity index (χ0v) is 12.1. The summed E-state index contributed by atoms with van der Waals surface area (Å²) >= 11 is 0. The summed E-state index contributed by atoms with van der Waals surface area (Å²) in [4.78, 5) is 10.1. The first-order valence-corrected chi connectivity index (χ1v) is 6.73. The van der Waals surface area contributed by atoms with Crippen molar-refractivity contribution < 1.29 is 14.1 Å². The van der Waals surface area contributed by atoms with Gasteiger partial charge in [-0.2, -0.15) is 0 Å². The lowest BCUT2D eigenvalue weighted by atomic mass is 10.1. The van der Waals surface area contributed by atoms with Gasteiger partial charge >= 0.3 is 0 Å². The Balaban J connectivity index is 2.60. The molecule has 1 N–H and O–H groups in total. The molecule has 6 heteroatoms. The number of hydrogen-bond acceptors (Lipinski definition) is 4. The summed E-state index contributed by atoms with van der Waals surface area (Å²) in [7, 11) is 0. The molecule has 0 heterocycles. The lowest BCUT2D eigenvalue weighted by molar-refractivity contribution is -0.385. The number of nitrogens with one attached hydrogen (secondary N) is 1. The van der Waals surface area contributed by atoms with Crippen LogP contribution in [-0.2, 0) is 0 Å². The Morgan fingerprint density at radius 2 is 2.20 bits per heavy atom. The standard InChI is InChI=1S/C14H21FN2O3/c1-4-5-16-8-10(2)9-20-14-6-11(3)13(17(18)19)7-12(14)15/h6-7,10,16H,4-5,8-9H2,1-3H3. The highest BCUT2D eigenvalue weighted by atomic mass is 19.1. The Morgan fingerprint density at radius 1 is 1.50 bits per heavy atom. The molecule has 112 valence electrons. The average Bonchev–Trinajstić information content (AvgIpc) is 2.39. The molecule has 5 nitrogen and oxygen atoms in total. The van der Waals surface area contributed by atoms with E-state index in [0.29, 0.717) is 12.2 Å². The van der Waals surface area contributed by atoms with E-state index in [-0.39, 0.29) is 17.4 Å². The Labute approximate surface area is 118 Å². The van der Waals surface area contributed by atoms with E-state index < -0.39 is 10.7 Å². The van der Waals surface area contributed by atoms with Crippen LogP contribution in [0, 0.1) is 28.8 Å². The van der Waals surface area contributed by atoms with E-state index in [2.05, 4.69) is 12.2 Å². The van der Waals surface area contributed by atoms with Crippen LogP contribution in [0.1, 0.15) is 25.8 Å². The number of hydrogen-bond donors (Lipinski definition) is 1. The predicted octanol–water partition coefficient (Wildman–Crippen LogP) is 3.06. The Hall–Kier alpha value is -1.69. The van der Waals surface area contributed by atoms with Gasteiger partial charge in [0.1, 0.15) is 0 Å². The average molecular weight is 284 g/mol. The number of nitro groups is 1. The molecule has 0 saturated carbocycles. The molecule has 0 aliphatic carbocycles. The van der Waals surface area contributed by atoms with Gasteiger partial charge in [-0.1, -0.05) is 13.8 Å². The van der Waals surface area contributed by atoms with E-state index in [4.69, 9.17) is 4.74 Å². The van der Waals surface area contributed by atoms with Crippen molar-refractivity contribution in [3.63, 3.8) is 0 Å². The smallest absolute Gasteiger partial charge is 0.275 e. The maximum atomic E-state index is 13.7. The maximum Gasteiger partial charge on any atom is 0.275 e. The molecule has 0 bridgehead atoms. The van der Waals surface area contributed by atoms with Crippen LogP contribution < -0.4 is 10.1 Å². The van der Waals surface area contributed by atoms with Gasteiger partial charge in [-0.25, -0.2) is 4.39 Å². The molecule has 0 fully saturated rings. The molecule has 0 aliphatic heterocycles. The molecule has 0 amide bonds. The first kappa shape index (κ1) is 16.4. The van der Waals surface area contributed by atoms with Crippen LogP contribution in [0.5, 0.6) is 5.75 Å². The third-order valence-electron chi connectivity index (χ3n) is 2.89. The molecule has 0 saturated heterocycles. The zero-order valence-electron chi connectivity index (χ0n) is 12.1. The van der Waals surface area contributed by atoms with Gasteiger partial charge in [0.15, 0.2) is 11.6 Å². The van der Waals surface area contributed by atoms with Crippen molar-refractivity contribution in [3.8, 4) is 5.75 Å². The van der Waals surface area contributed by atoms with Crippen LogP contribution in [0.4, 0.5) is 10.1 Å². The quantitative estimate of drug-likeness (QED) is 0.452. The largest absolute Gasteiger partial charge is 0.490 e. The fourth-order valence-corrected chi connectivity index (χ4v) is 1.77. The van der Waals surface area contributed by atoms with E-state index in [1.54, 1.807) is 6.92 Å². The fraction of sp³-hybridized carbons (Fsp3) is 0.571. The van der Waals surface area contributed by atoms with Gasteiger partial charge in [0.25, 0.3) is 5.69 Å². The molecule has 0 spiro atoms. The number of halogens is 1. The summed E-state index contributed by atoms with van der Waals surface area (Å²) in [6.45, 7) is 7.75. The Kier molecular flexibility index (Phi) is 6.38. The molecule has 0 aromatic heterocycles. The van der Waals surface area contributed by atoms with Crippen LogP contribution in [0.3, 0.4) is 0 Å². The molecule has 1 atom stereocenters. The van der Waals surface area contributed by atoms with E-state index in [1.807, 2.05) is 6.92 Å². The second-order valence-corrected chi connectivity index (χ2v) is 4.95. The van der Waals surface area contributed by atoms with Crippen LogP contribution in [-0.4, -0.2) is 24.6 Å². The third kappa shape index (κ3) is 4.77. The number of rotatable bonds is 8. The summed E-state index contributed by atoms with van der Waals surface area (Å²) in [5.41, 5.74) is 0.163. The summed E-state index contributed by atoms with van der Waals surface area (Å²) in [6.07, 6.45) is 1.06. The third-order valence-corrected chi connectivity index (χ3v) is 2.89. The van der Waals surface area contributed by atoms with Crippen molar-refractivity contribution in [1.29, 1.82) is 0 Å². The van der Waals surface area contributed by atoms with Gasteiger partial charge in [0.2, 0.25) is 0 Å². The number of ether oxygens (including phenoxy) is 1. The number of aryl methyl sites for hydroxylation is 1. The number of benzene rings is 1. The van der Waals surface area contributed by atoms with Crippen molar-refractivity contribution in [1.82, 2.24) is 5.32 Å². The van der Waals surface area contributed by atoms with Crippen molar-refractivity contribution in [2.24, 2.45) is 5.92 Å². The molecule has 0 aliphatic rings. The fourth-order valence-electron chi connectivity index (χ4n) is 1.77. The molecule has 1 rings (SSSR count). The van der Waals surface area contributed by atoms with E-state index in [1.165, 1.54) is 6.07 Å². The van der Waals surface area contributed by atoms with E-state index in [0.717, 1.165) is 25.6 Å². The lowest BCUT2D eigenvalue weighted by Gasteiger charge is -2.14. The number of nitro benzene ring substituents is 1. The molecule has 1 unspecified atom stereocenters. The molecule has 0 radical (unpaired) electrons. The van der Waals surface area contributed by atoms with Crippen molar-refractivity contribution >= 4 is 5.69 Å². The highest BCUT2D eigenvalue weighted by molar-refractivity contribution is 5.45. The molecule has 1 aromatic rings. The van der Waals surface area contributed by atoms with Crippen LogP contribution in [0.25, 0.3) is 0 Å². The van der Waals surface area contributed by atoms with Crippen LogP contribution in [0.15, 0.2) is 12.1 Å². The summed E-state index contributed by atoms with van der Waals surface area (Å²) in [5, 5.41) is 13.9. The predicted molar refractivity (Wildman–Crippen MR) is 75.6 cm³/mol. The van der Waals surface area contributed by atoms with Crippen molar-refractivity contribution in [2.75, 3.05) is 19.7 Å². The summed E-state index contributed by atoms with van der Waals surface area (Å²) in [6, 6.07) is 2.28. The van der Waals surface area contributed by atoms with E-state index in [9.17, 15) is 14.5 Å². The number of nitrogens with zero attached hydrogens (tertiary/aromatic N) is 1. The van der Waals surface area contributed by atoms with Gasteiger partial charge in [-0.3, -0.25) is 10.1 Å². The second-order valence-electron chi connectivity index (χ2n) is 4.95. The van der Waals surface area contributed by atoms with Gasteiger partial charge in [-0.15, -0.1) is 0 Å². The van der Waals surface area contributed by atoms with Crippen molar-refractivity contribution in [3.05, 3.63) is 33.6 Å². The minimum atomic E-state index is -0.698. The molecule has 1 aromatic carbocycles. The maximum absolute atomic E-state index is 13.7. The molecular formula is C14H21FN2O3. The summed E-state index contributed by atoms with van der Waals surface area (Å²) in [5.74, 6) is -0.400. The van der Waals surface area contributed by atoms with Crippen molar-refractivity contribution in [2.45, 2.75) is 27.2 Å². The lowest BCUT2D eigenvalue weighted by Crippen LogP contribution is -2.25. The minimum absolute atomic E-state index is 0.0652.